The number of aromatic nitrogens is 2. The van der Waals surface area contributed by atoms with E-state index in [4.69, 9.17) is 16.3 Å². The van der Waals surface area contributed by atoms with Gasteiger partial charge in [0.1, 0.15) is 5.75 Å². The van der Waals surface area contributed by atoms with Crippen LogP contribution in [0.1, 0.15) is 18.9 Å². The molecule has 0 amide bonds. The van der Waals surface area contributed by atoms with Crippen molar-refractivity contribution in [3.8, 4) is 11.5 Å². The second-order valence-electron chi connectivity index (χ2n) is 3.93. The van der Waals surface area contributed by atoms with Gasteiger partial charge < -0.3 is 4.74 Å². The summed E-state index contributed by atoms with van der Waals surface area (Å²) in [7, 11) is 0. The van der Waals surface area contributed by atoms with Crippen molar-refractivity contribution in [2.24, 2.45) is 0 Å². The lowest BCUT2D eigenvalue weighted by atomic mass is 10.2. The molecule has 0 spiro atoms. The van der Waals surface area contributed by atoms with Gasteiger partial charge in [-0.1, -0.05) is 40.5 Å². The molecule has 0 saturated carbocycles. The number of aryl methyl sites for hydroxylation is 1. The van der Waals surface area contributed by atoms with Crippen molar-refractivity contribution in [3.05, 3.63) is 41.2 Å². The van der Waals surface area contributed by atoms with Crippen LogP contribution in [0.3, 0.4) is 0 Å². The van der Waals surface area contributed by atoms with E-state index in [-0.39, 0.29) is 0 Å². The van der Waals surface area contributed by atoms with E-state index < -0.39 is 0 Å². The molecule has 3 nitrogen and oxygen atoms in total. The van der Waals surface area contributed by atoms with Gasteiger partial charge in [0, 0.05) is 22.5 Å². The van der Waals surface area contributed by atoms with Gasteiger partial charge in [0.15, 0.2) is 5.75 Å². The van der Waals surface area contributed by atoms with Gasteiger partial charge in [-0.15, -0.1) is 0 Å². The minimum absolute atomic E-state index is 0.663. The highest BCUT2D eigenvalue weighted by molar-refractivity contribution is 9.08. The fourth-order valence-electron chi connectivity index (χ4n) is 1.61. The van der Waals surface area contributed by atoms with Crippen LogP contribution in [-0.4, -0.2) is 9.78 Å². The Labute approximate surface area is 120 Å². The Morgan fingerprint density at radius 3 is 3.00 bits per heavy atom. The number of halogens is 2. The minimum Gasteiger partial charge on any atom is -0.454 e. The van der Waals surface area contributed by atoms with Gasteiger partial charge >= 0.3 is 0 Å². The summed E-state index contributed by atoms with van der Waals surface area (Å²) in [6, 6.07) is 5.61. The maximum atomic E-state index is 5.98. The van der Waals surface area contributed by atoms with Crippen molar-refractivity contribution in [2.75, 3.05) is 0 Å². The van der Waals surface area contributed by atoms with Crippen molar-refractivity contribution in [3.63, 3.8) is 0 Å². The van der Waals surface area contributed by atoms with E-state index in [1.54, 1.807) is 6.20 Å². The number of hydrogen-bond acceptors (Lipinski definition) is 2. The molecule has 1 aromatic heterocycles. The summed E-state index contributed by atoms with van der Waals surface area (Å²) in [5, 5.41) is 5.61. The molecule has 0 aliphatic heterocycles. The highest BCUT2D eigenvalue weighted by atomic mass is 79.9. The first-order chi connectivity index (χ1) is 8.72. The first-order valence-electron chi connectivity index (χ1n) is 5.77. The fourth-order valence-corrected chi connectivity index (χ4v) is 2.23. The summed E-state index contributed by atoms with van der Waals surface area (Å²) in [6.07, 6.45) is 4.65. The zero-order chi connectivity index (χ0) is 13.0. The van der Waals surface area contributed by atoms with Gasteiger partial charge in [0.05, 0.1) is 12.4 Å². The largest absolute Gasteiger partial charge is 0.454 e. The average molecular weight is 330 g/mol. The summed E-state index contributed by atoms with van der Waals surface area (Å²) in [6.45, 7) is 3.01. The van der Waals surface area contributed by atoms with Crippen molar-refractivity contribution >= 4 is 27.5 Å². The predicted octanol–water partition coefficient (Wildman–Crippen LogP) is 4.63. The van der Waals surface area contributed by atoms with Gasteiger partial charge in [0.2, 0.25) is 0 Å². The van der Waals surface area contributed by atoms with E-state index in [0.717, 1.165) is 35.4 Å². The third-order valence-corrected chi connectivity index (χ3v) is 3.30. The molecule has 1 heterocycles. The Hall–Kier alpha value is -1.00. The first kappa shape index (κ1) is 13.4. The summed E-state index contributed by atoms with van der Waals surface area (Å²) >= 11 is 9.41. The van der Waals surface area contributed by atoms with Crippen LogP contribution in [0.2, 0.25) is 5.02 Å². The molecular formula is C13H14BrClN2O. The van der Waals surface area contributed by atoms with E-state index >= 15 is 0 Å². The highest BCUT2D eigenvalue weighted by Crippen LogP contribution is 2.29. The Bertz CT molecular complexity index is 527. The molecule has 0 radical (unpaired) electrons. The fraction of sp³-hybridized carbons (Fsp3) is 0.308. The zero-order valence-corrected chi connectivity index (χ0v) is 12.4. The molecule has 0 fully saturated rings. The third-order valence-electron chi connectivity index (χ3n) is 2.46. The van der Waals surface area contributed by atoms with Crippen molar-refractivity contribution in [1.82, 2.24) is 9.78 Å². The van der Waals surface area contributed by atoms with Gasteiger partial charge in [-0.2, -0.15) is 5.10 Å². The molecule has 0 saturated heterocycles. The van der Waals surface area contributed by atoms with Crippen LogP contribution in [0.4, 0.5) is 0 Å². The summed E-state index contributed by atoms with van der Waals surface area (Å²) in [5.74, 6) is 1.49. The summed E-state index contributed by atoms with van der Waals surface area (Å²) in [5.41, 5.74) is 1.06. The average Bonchev–Trinajstić information content (AvgIpc) is 2.77. The Morgan fingerprint density at radius 2 is 2.28 bits per heavy atom. The van der Waals surface area contributed by atoms with E-state index in [0.29, 0.717) is 5.02 Å². The Kier molecular flexibility index (Phi) is 4.66. The molecule has 0 N–H and O–H groups in total. The van der Waals surface area contributed by atoms with Crippen LogP contribution < -0.4 is 4.74 Å². The summed E-state index contributed by atoms with van der Waals surface area (Å²) in [4.78, 5) is 0. The number of rotatable bonds is 5. The SMILES string of the molecule is CCCn1cc(Oc2cc(Cl)ccc2CBr)cn1. The molecule has 5 heteroatoms. The Morgan fingerprint density at radius 1 is 1.44 bits per heavy atom. The normalized spacial score (nSPS) is 10.6. The van der Waals surface area contributed by atoms with E-state index in [1.807, 2.05) is 29.1 Å². The maximum absolute atomic E-state index is 5.98. The molecule has 0 atom stereocenters. The molecule has 96 valence electrons. The zero-order valence-electron chi connectivity index (χ0n) is 10.1. The monoisotopic (exact) mass is 328 g/mol. The third kappa shape index (κ3) is 3.27. The van der Waals surface area contributed by atoms with Gasteiger partial charge in [0.25, 0.3) is 0 Å². The van der Waals surface area contributed by atoms with E-state index in [9.17, 15) is 0 Å². The quantitative estimate of drug-likeness (QED) is 0.748. The van der Waals surface area contributed by atoms with Crippen LogP contribution in [0.25, 0.3) is 0 Å². The molecule has 2 aromatic rings. The van der Waals surface area contributed by atoms with Crippen LogP contribution in [0.15, 0.2) is 30.6 Å². The lowest BCUT2D eigenvalue weighted by Gasteiger charge is -2.08. The van der Waals surface area contributed by atoms with E-state index in [1.165, 1.54) is 0 Å². The number of ether oxygens (including phenoxy) is 1. The lowest BCUT2D eigenvalue weighted by molar-refractivity contribution is 0.476. The molecule has 0 aliphatic rings. The Balaban J connectivity index is 2.19. The van der Waals surface area contributed by atoms with Gasteiger partial charge in [-0.3, -0.25) is 4.68 Å². The van der Waals surface area contributed by atoms with Crippen LogP contribution in [0, 0.1) is 0 Å². The topological polar surface area (TPSA) is 27.1 Å². The number of nitrogens with zero attached hydrogens (tertiary/aromatic N) is 2. The van der Waals surface area contributed by atoms with Crippen LogP contribution in [0.5, 0.6) is 11.5 Å². The van der Waals surface area contributed by atoms with Crippen LogP contribution >= 0.6 is 27.5 Å². The molecule has 18 heavy (non-hydrogen) atoms. The lowest BCUT2D eigenvalue weighted by Crippen LogP contribution is -1.95. The van der Waals surface area contributed by atoms with E-state index in [2.05, 4.69) is 28.0 Å². The first-order valence-corrected chi connectivity index (χ1v) is 7.27. The molecule has 1 aromatic carbocycles. The van der Waals surface area contributed by atoms with Crippen LogP contribution in [-0.2, 0) is 11.9 Å². The second kappa shape index (κ2) is 6.25. The van der Waals surface area contributed by atoms with Crippen molar-refractivity contribution < 1.29 is 4.74 Å². The number of alkyl halides is 1. The summed E-state index contributed by atoms with van der Waals surface area (Å²) < 4.78 is 7.68. The molecular weight excluding hydrogens is 316 g/mol. The molecule has 2 rings (SSSR count). The van der Waals surface area contributed by atoms with Crippen molar-refractivity contribution in [2.45, 2.75) is 25.2 Å². The highest BCUT2D eigenvalue weighted by Gasteiger charge is 2.07. The van der Waals surface area contributed by atoms with Gasteiger partial charge in [-0.25, -0.2) is 0 Å². The molecule has 0 bridgehead atoms. The predicted molar refractivity (Wildman–Crippen MR) is 76.7 cm³/mol. The van der Waals surface area contributed by atoms with Gasteiger partial charge in [-0.05, 0) is 18.6 Å². The number of benzene rings is 1. The minimum atomic E-state index is 0.663. The second-order valence-corrected chi connectivity index (χ2v) is 4.92. The maximum Gasteiger partial charge on any atom is 0.165 e. The molecule has 0 unspecified atom stereocenters. The number of hydrogen-bond donors (Lipinski definition) is 0. The standard InChI is InChI=1S/C13H14BrClN2O/c1-2-5-17-9-12(8-16-17)18-13-6-11(15)4-3-10(13)7-14/h3-4,6,8-9H,2,5,7H2,1H3. The smallest absolute Gasteiger partial charge is 0.165 e. The van der Waals surface area contributed by atoms with Crippen molar-refractivity contribution in [1.29, 1.82) is 0 Å². The molecule has 0 aliphatic carbocycles.